The Hall–Kier alpha value is -3.65. The van der Waals surface area contributed by atoms with Gasteiger partial charge in [-0.1, -0.05) is 19.2 Å². The van der Waals surface area contributed by atoms with Crippen molar-refractivity contribution in [3.63, 3.8) is 0 Å². The fourth-order valence-electron chi connectivity index (χ4n) is 2.81. The van der Waals surface area contributed by atoms with E-state index in [1.807, 2.05) is 0 Å². The third-order valence-electron chi connectivity index (χ3n) is 4.64. The lowest BCUT2D eigenvalue weighted by Gasteiger charge is -2.15. The molecule has 0 spiro atoms. The highest BCUT2D eigenvalue weighted by Crippen LogP contribution is 2.35. The summed E-state index contributed by atoms with van der Waals surface area (Å²) in [6, 6.07) is 9.51. The van der Waals surface area contributed by atoms with Crippen LogP contribution in [0.25, 0.3) is 11.1 Å². The van der Waals surface area contributed by atoms with Crippen molar-refractivity contribution in [3.8, 4) is 28.4 Å². The third kappa shape index (κ3) is 8.90. The summed E-state index contributed by atoms with van der Waals surface area (Å²) in [5, 5.41) is 0. The Bertz CT molecular complexity index is 1060. The first-order valence-corrected chi connectivity index (χ1v) is 11.1. The molecular formula is C27H31FO7. The highest BCUT2D eigenvalue weighted by Gasteiger charge is 2.15. The number of halogens is 1. The number of hydrogen-bond acceptors (Lipinski definition) is 7. The predicted octanol–water partition coefficient (Wildman–Crippen LogP) is 5.28. The number of esters is 2. The third-order valence-corrected chi connectivity index (χ3v) is 4.64. The van der Waals surface area contributed by atoms with Crippen LogP contribution in [0.5, 0.6) is 17.2 Å². The molecule has 2 rings (SSSR count). The molecule has 0 bridgehead atoms. The van der Waals surface area contributed by atoms with Crippen molar-refractivity contribution in [1.82, 2.24) is 0 Å². The molecule has 0 radical (unpaired) electrons. The van der Waals surface area contributed by atoms with Crippen LogP contribution in [0.4, 0.5) is 4.39 Å². The molecule has 0 saturated heterocycles. The Labute approximate surface area is 205 Å². The molecule has 2 aromatic rings. The van der Waals surface area contributed by atoms with E-state index in [2.05, 4.69) is 13.2 Å². The van der Waals surface area contributed by atoms with E-state index in [9.17, 15) is 14.0 Å². The maximum atomic E-state index is 14.6. The van der Waals surface area contributed by atoms with Crippen LogP contribution < -0.4 is 14.2 Å². The Morgan fingerprint density at radius 3 is 2.17 bits per heavy atom. The van der Waals surface area contributed by atoms with Crippen LogP contribution in [0.1, 0.15) is 26.7 Å². The minimum Gasteiger partial charge on any atom is -0.493 e. The predicted molar refractivity (Wildman–Crippen MR) is 130 cm³/mol. The Balaban J connectivity index is 2.15. The second-order valence-corrected chi connectivity index (χ2v) is 7.79. The zero-order valence-corrected chi connectivity index (χ0v) is 20.4. The number of rotatable bonds is 14. The molecule has 0 aromatic heterocycles. The zero-order valence-electron chi connectivity index (χ0n) is 20.4. The quantitative estimate of drug-likeness (QED) is 0.156. The molecule has 0 aliphatic rings. The van der Waals surface area contributed by atoms with E-state index in [1.165, 1.54) is 19.1 Å². The summed E-state index contributed by atoms with van der Waals surface area (Å²) in [5.41, 5.74) is 1.69. The van der Waals surface area contributed by atoms with E-state index >= 15 is 0 Å². The van der Waals surface area contributed by atoms with Crippen LogP contribution in [0.2, 0.25) is 0 Å². The molecule has 0 unspecified atom stereocenters. The molecule has 188 valence electrons. The van der Waals surface area contributed by atoms with Crippen molar-refractivity contribution < 1.29 is 37.7 Å². The average Bonchev–Trinajstić information content (AvgIpc) is 2.82. The zero-order chi connectivity index (χ0) is 25.8. The topological polar surface area (TPSA) is 80.3 Å². The molecule has 0 atom stereocenters. The lowest BCUT2D eigenvalue weighted by atomic mass is 10.0. The van der Waals surface area contributed by atoms with E-state index in [0.29, 0.717) is 60.9 Å². The lowest BCUT2D eigenvalue weighted by Crippen LogP contribution is -2.09. The minimum atomic E-state index is -0.699. The fourth-order valence-corrected chi connectivity index (χ4v) is 2.81. The van der Waals surface area contributed by atoms with E-state index in [-0.39, 0.29) is 17.9 Å². The van der Waals surface area contributed by atoms with Gasteiger partial charge in [0.25, 0.3) is 0 Å². The van der Waals surface area contributed by atoms with Crippen LogP contribution in [0.3, 0.4) is 0 Å². The highest BCUT2D eigenvalue weighted by atomic mass is 19.1. The lowest BCUT2D eigenvalue weighted by molar-refractivity contribution is -0.139. The molecule has 0 amide bonds. The second kappa shape index (κ2) is 13.9. The average molecular weight is 487 g/mol. The summed E-state index contributed by atoms with van der Waals surface area (Å²) < 4.78 is 41.4. The van der Waals surface area contributed by atoms with Crippen LogP contribution in [-0.4, -0.2) is 45.5 Å². The smallest absolute Gasteiger partial charge is 0.338 e. The molecule has 0 aliphatic carbocycles. The summed E-state index contributed by atoms with van der Waals surface area (Å²) in [5.74, 6) is -0.959. The number of benzene rings is 2. The second-order valence-electron chi connectivity index (χ2n) is 7.79. The van der Waals surface area contributed by atoms with E-state index in [0.717, 1.165) is 0 Å². The summed E-state index contributed by atoms with van der Waals surface area (Å²) in [6.45, 7) is 11.6. The van der Waals surface area contributed by atoms with Crippen molar-refractivity contribution in [2.45, 2.75) is 26.7 Å². The first-order chi connectivity index (χ1) is 16.7. The van der Waals surface area contributed by atoms with Gasteiger partial charge in [0.15, 0.2) is 11.6 Å². The molecule has 7 nitrogen and oxygen atoms in total. The monoisotopic (exact) mass is 486 g/mol. The van der Waals surface area contributed by atoms with Crippen molar-refractivity contribution in [2.24, 2.45) is 0 Å². The van der Waals surface area contributed by atoms with Crippen LogP contribution >= 0.6 is 0 Å². The van der Waals surface area contributed by atoms with Gasteiger partial charge in [-0.05, 0) is 43.7 Å². The van der Waals surface area contributed by atoms with E-state index in [1.54, 1.807) is 38.3 Å². The maximum Gasteiger partial charge on any atom is 0.338 e. The Kier molecular flexibility index (Phi) is 11.0. The highest BCUT2D eigenvalue weighted by molar-refractivity contribution is 5.89. The van der Waals surface area contributed by atoms with E-state index in [4.69, 9.17) is 23.7 Å². The van der Waals surface area contributed by atoms with Gasteiger partial charge in [-0.25, -0.2) is 14.0 Å². The van der Waals surface area contributed by atoms with Gasteiger partial charge in [0.1, 0.15) is 11.5 Å². The van der Waals surface area contributed by atoms with Gasteiger partial charge in [0.2, 0.25) is 0 Å². The van der Waals surface area contributed by atoms with Crippen molar-refractivity contribution in [2.75, 3.05) is 33.5 Å². The summed E-state index contributed by atoms with van der Waals surface area (Å²) in [4.78, 5) is 23.1. The number of methoxy groups -OCH3 is 1. The van der Waals surface area contributed by atoms with Gasteiger partial charge in [0, 0.05) is 49.3 Å². The number of hydrogen-bond donors (Lipinski definition) is 0. The molecule has 2 aromatic carbocycles. The van der Waals surface area contributed by atoms with Crippen LogP contribution in [-0.2, 0) is 19.1 Å². The molecular weight excluding hydrogens is 455 g/mol. The molecule has 0 aliphatic heterocycles. The molecule has 0 saturated carbocycles. The molecule has 0 heterocycles. The maximum absolute atomic E-state index is 14.6. The standard InChI is InChI=1S/C27H31FO7/c1-18(2)26(29)34-15-7-13-32-21-9-10-22(25(17-21)33-14-6-12-31-5)20-8-11-24(23(28)16-20)35-27(30)19(3)4/h8-11,16-17H,1,3,6-7,12-15H2,2,4-5H3. The van der Waals surface area contributed by atoms with Crippen molar-refractivity contribution >= 4 is 11.9 Å². The van der Waals surface area contributed by atoms with Gasteiger partial charge in [-0.3, -0.25) is 0 Å². The SMILES string of the molecule is C=C(C)C(=O)OCCCOc1ccc(-c2ccc(OC(=O)C(=C)C)c(F)c2)c(OCCCOC)c1. The molecule has 8 heteroatoms. The normalized spacial score (nSPS) is 10.4. The first-order valence-electron chi connectivity index (χ1n) is 11.1. The van der Waals surface area contributed by atoms with Crippen LogP contribution in [0.15, 0.2) is 60.7 Å². The van der Waals surface area contributed by atoms with Gasteiger partial charge in [0.05, 0.1) is 19.8 Å². The van der Waals surface area contributed by atoms with Gasteiger partial charge < -0.3 is 23.7 Å². The summed E-state index contributed by atoms with van der Waals surface area (Å²) in [6.07, 6.45) is 1.17. The first kappa shape index (κ1) is 27.6. The summed E-state index contributed by atoms with van der Waals surface area (Å²) >= 11 is 0. The minimum absolute atomic E-state index is 0.171. The largest absolute Gasteiger partial charge is 0.493 e. The molecule has 35 heavy (non-hydrogen) atoms. The van der Waals surface area contributed by atoms with Gasteiger partial charge in [-0.15, -0.1) is 0 Å². The van der Waals surface area contributed by atoms with Gasteiger partial charge in [-0.2, -0.15) is 0 Å². The Morgan fingerprint density at radius 1 is 0.829 bits per heavy atom. The Morgan fingerprint density at radius 2 is 1.51 bits per heavy atom. The molecule has 0 N–H and O–H groups in total. The number of carbonyl (C=O) groups excluding carboxylic acids is 2. The summed E-state index contributed by atoms with van der Waals surface area (Å²) in [7, 11) is 1.61. The number of carbonyl (C=O) groups is 2. The van der Waals surface area contributed by atoms with Crippen molar-refractivity contribution in [1.29, 1.82) is 0 Å². The fraction of sp³-hybridized carbons (Fsp3) is 0.333. The molecule has 0 fully saturated rings. The number of ether oxygens (including phenoxy) is 5. The van der Waals surface area contributed by atoms with E-state index < -0.39 is 17.8 Å². The van der Waals surface area contributed by atoms with Crippen LogP contribution in [0, 0.1) is 5.82 Å². The van der Waals surface area contributed by atoms with Crippen molar-refractivity contribution in [3.05, 3.63) is 66.5 Å². The van der Waals surface area contributed by atoms with Gasteiger partial charge >= 0.3 is 11.9 Å².